The Morgan fingerprint density at radius 3 is 2.55 bits per heavy atom. The van der Waals surface area contributed by atoms with Crippen molar-refractivity contribution in [3.63, 3.8) is 0 Å². The minimum atomic E-state index is -0.560. The highest BCUT2D eigenvalue weighted by molar-refractivity contribution is 9.10. The average Bonchev–Trinajstić information content (AvgIpc) is 3.12. The van der Waals surface area contributed by atoms with Gasteiger partial charge in [0.25, 0.3) is 11.6 Å². The lowest BCUT2D eigenvalue weighted by Gasteiger charge is -2.19. The van der Waals surface area contributed by atoms with Crippen molar-refractivity contribution in [1.29, 1.82) is 0 Å². The van der Waals surface area contributed by atoms with Crippen LogP contribution in [0.15, 0.2) is 76.9 Å². The van der Waals surface area contributed by atoms with Gasteiger partial charge < -0.3 is 14.4 Å². The van der Waals surface area contributed by atoms with Crippen LogP contribution in [-0.2, 0) is 20.9 Å². The quantitative estimate of drug-likeness (QED) is 0.104. The number of amides is 1. The van der Waals surface area contributed by atoms with Gasteiger partial charge in [-0.15, -0.1) is 0 Å². The van der Waals surface area contributed by atoms with Crippen LogP contribution in [0.3, 0.4) is 0 Å². The van der Waals surface area contributed by atoms with Crippen LogP contribution < -0.4 is 9.64 Å². The summed E-state index contributed by atoms with van der Waals surface area (Å²) in [6, 6.07) is 18.0. The number of anilines is 1. The Hall–Kier alpha value is -3.80. The third-order valence-corrected chi connectivity index (χ3v) is 6.78. The molecule has 0 aromatic heterocycles. The molecular weight excluding hydrogens is 598 g/mol. The van der Waals surface area contributed by atoms with E-state index >= 15 is 0 Å². The zero-order valence-corrected chi connectivity index (χ0v) is 23.0. The van der Waals surface area contributed by atoms with E-state index in [9.17, 15) is 19.7 Å². The van der Waals surface area contributed by atoms with Crippen LogP contribution in [0.5, 0.6) is 5.75 Å². The molecule has 1 saturated heterocycles. The SMILES string of the molecule is COC(=O)CN1C(=S)N(c2ccc(Cl)cc2)C(=O)/C1=C/c1ccc(OCc2cccc([N+](=O)[O-])c2)c(Br)c1. The first-order valence-electron chi connectivity index (χ1n) is 11.0. The molecule has 0 radical (unpaired) electrons. The van der Waals surface area contributed by atoms with E-state index in [1.165, 1.54) is 29.0 Å². The summed E-state index contributed by atoms with van der Waals surface area (Å²) in [6.45, 7) is -0.126. The van der Waals surface area contributed by atoms with Crippen LogP contribution in [0, 0.1) is 10.1 Å². The molecule has 12 heteroatoms. The number of nitrogens with zero attached hydrogens (tertiary/aromatic N) is 3. The van der Waals surface area contributed by atoms with Crippen molar-refractivity contribution in [1.82, 2.24) is 4.90 Å². The van der Waals surface area contributed by atoms with E-state index in [2.05, 4.69) is 15.9 Å². The molecule has 0 aliphatic carbocycles. The second-order valence-electron chi connectivity index (χ2n) is 8.00. The standard InChI is InChI=1S/C26H19BrClN3O6S/c1-36-24(32)14-29-22(25(33)30(26(29)38)19-8-6-18(28)7-9-19)13-16-5-10-23(21(27)12-16)37-15-17-3-2-4-20(11-17)31(34)35/h2-13H,14-15H2,1H3/b22-13-. The molecule has 0 atom stereocenters. The summed E-state index contributed by atoms with van der Waals surface area (Å²) in [5, 5.41) is 11.6. The monoisotopic (exact) mass is 615 g/mol. The zero-order chi connectivity index (χ0) is 27.4. The lowest BCUT2D eigenvalue weighted by Crippen LogP contribution is -2.35. The number of methoxy groups -OCH3 is 1. The summed E-state index contributed by atoms with van der Waals surface area (Å²) in [5.41, 5.74) is 1.96. The minimum absolute atomic E-state index is 0.0181. The Bertz CT molecular complexity index is 1460. The van der Waals surface area contributed by atoms with Gasteiger partial charge in [-0.1, -0.05) is 29.8 Å². The van der Waals surface area contributed by atoms with Gasteiger partial charge in [0.15, 0.2) is 5.11 Å². The summed E-state index contributed by atoms with van der Waals surface area (Å²) < 4.78 is 11.2. The fraction of sp³-hybridized carbons (Fsp3) is 0.115. The number of thiocarbonyl (C=S) groups is 1. The number of ether oxygens (including phenoxy) is 2. The molecule has 1 aliphatic rings. The highest BCUT2D eigenvalue weighted by Gasteiger charge is 2.40. The number of halogens is 2. The van der Waals surface area contributed by atoms with Gasteiger partial charge in [-0.2, -0.15) is 0 Å². The predicted octanol–water partition coefficient (Wildman–Crippen LogP) is 5.74. The van der Waals surface area contributed by atoms with Gasteiger partial charge in [0.1, 0.15) is 24.6 Å². The van der Waals surface area contributed by atoms with E-state index in [4.69, 9.17) is 33.3 Å². The molecule has 0 saturated carbocycles. The molecule has 194 valence electrons. The van der Waals surface area contributed by atoms with Gasteiger partial charge in [-0.05, 0) is 81.7 Å². The predicted molar refractivity (Wildman–Crippen MR) is 150 cm³/mol. The number of rotatable bonds is 8. The van der Waals surface area contributed by atoms with E-state index in [1.54, 1.807) is 60.7 Å². The molecule has 1 heterocycles. The summed E-state index contributed by atoms with van der Waals surface area (Å²) in [7, 11) is 1.26. The zero-order valence-electron chi connectivity index (χ0n) is 19.8. The summed E-state index contributed by atoms with van der Waals surface area (Å²) in [4.78, 5) is 38.8. The van der Waals surface area contributed by atoms with Gasteiger partial charge in [0.2, 0.25) is 0 Å². The van der Waals surface area contributed by atoms with Gasteiger partial charge >= 0.3 is 5.97 Å². The van der Waals surface area contributed by atoms with Gasteiger partial charge in [-0.3, -0.25) is 24.6 Å². The van der Waals surface area contributed by atoms with Crippen LogP contribution >= 0.6 is 39.7 Å². The molecule has 3 aromatic carbocycles. The van der Waals surface area contributed by atoms with Crippen molar-refractivity contribution < 1.29 is 24.0 Å². The number of esters is 1. The molecule has 4 rings (SSSR count). The maximum Gasteiger partial charge on any atom is 0.325 e. The maximum atomic E-state index is 13.4. The van der Waals surface area contributed by atoms with E-state index in [1.807, 2.05) is 0 Å². The molecule has 0 N–H and O–H groups in total. The second-order valence-corrected chi connectivity index (χ2v) is 9.65. The number of carbonyl (C=O) groups is 2. The van der Waals surface area contributed by atoms with E-state index < -0.39 is 16.8 Å². The molecular formula is C26H19BrClN3O6S. The number of carbonyl (C=O) groups excluding carboxylic acids is 2. The van der Waals surface area contributed by atoms with E-state index in [0.717, 1.165) is 0 Å². The Kier molecular flexibility index (Phi) is 8.40. The van der Waals surface area contributed by atoms with Crippen LogP contribution in [0.1, 0.15) is 11.1 Å². The van der Waals surface area contributed by atoms with E-state index in [-0.39, 0.29) is 29.6 Å². The van der Waals surface area contributed by atoms with Crippen molar-refractivity contribution in [2.24, 2.45) is 0 Å². The number of nitro benzene ring substituents is 1. The van der Waals surface area contributed by atoms with E-state index in [0.29, 0.717) is 32.1 Å². The van der Waals surface area contributed by atoms with Gasteiger partial charge in [0.05, 0.1) is 22.2 Å². The molecule has 0 spiro atoms. The summed E-state index contributed by atoms with van der Waals surface area (Å²) >= 11 is 15.0. The number of hydrogen-bond donors (Lipinski definition) is 0. The Labute approximate surface area is 236 Å². The fourth-order valence-electron chi connectivity index (χ4n) is 3.65. The van der Waals surface area contributed by atoms with Crippen LogP contribution in [-0.4, -0.2) is 40.5 Å². The first kappa shape index (κ1) is 27.2. The first-order chi connectivity index (χ1) is 18.2. The first-order valence-corrected chi connectivity index (χ1v) is 12.6. The third kappa shape index (κ3) is 6.01. The van der Waals surface area contributed by atoms with Crippen molar-refractivity contribution in [3.05, 3.63) is 103 Å². The van der Waals surface area contributed by atoms with Crippen molar-refractivity contribution in [2.75, 3.05) is 18.6 Å². The molecule has 3 aromatic rings. The van der Waals surface area contributed by atoms with Crippen LogP contribution in [0.4, 0.5) is 11.4 Å². The minimum Gasteiger partial charge on any atom is -0.488 e. The Balaban J connectivity index is 1.59. The maximum absolute atomic E-state index is 13.4. The van der Waals surface area contributed by atoms with Crippen LogP contribution in [0.2, 0.25) is 5.02 Å². The van der Waals surface area contributed by atoms with Crippen molar-refractivity contribution in [3.8, 4) is 5.75 Å². The lowest BCUT2D eigenvalue weighted by molar-refractivity contribution is -0.384. The number of benzene rings is 3. The fourth-order valence-corrected chi connectivity index (χ4v) is 4.64. The summed E-state index contributed by atoms with van der Waals surface area (Å²) in [5.74, 6) is -0.473. The topological polar surface area (TPSA) is 102 Å². The largest absolute Gasteiger partial charge is 0.488 e. The van der Waals surface area contributed by atoms with Gasteiger partial charge in [-0.25, -0.2) is 0 Å². The second kappa shape index (κ2) is 11.7. The Morgan fingerprint density at radius 1 is 1.16 bits per heavy atom. The number of hydrogen-bond acceptors (Lipinski definition) is 7. The van der Waals surface area contributed by atoms with Gasteiger partial charge in [0, 0.05) is 17.2 Å². The molecule has 0 unspecified atom stereocenters. The molecule has 9 nitrogen and oxygen atoms in total. The smallest absolute Gasteiger partial charge is 0.325 e. The number of nitro groups is 1. The normalized spacial score (nSPS) is 14.2. The molecule has 1 aliphatic heterocycles. The van der Waals surface area contributed by atoms with Crippen molar-refractivity contribution >= 4 is 74.2 Å². The van der Waals surface area contributed by atoms with Crippen molar-refractivity contribution in [2.45, 2.75) is 6.61 Å². The molecule has 38 heavy (non-hydrogen) atoms. The third-order valence-electron chi connectivity index (χ3n) is 5.51. The molecule has 0 bridgehead atoms. The van der Waals surface area contributed by atoms with Crippen LogP contribution in [0.25, 0.3) is 6.08 Å². The highest BCUT2D eigenvalue weighted by atomic mass is 79.9. The number of non-ortho nitro benzene ring substituents is 1. The molecule has 1 fully saturated rings. The lowest BCUT2D eigenvalue weighted by atomic mass is 10.1. The average molecular weight is 617 g/mol. The Morgan fingerprint density at radius 2 is 1.89 bits per heavy atom. The molecule has 1 amide bonds. The highest BCUT2D eigenvalue weighted by Crippen LogP contribution is 2.32. The summed E-state index contributed by atoms with van der Waals surface area (Å²) in [6.07, 6.45) is 1.61.